The van der Waals surface area contributed by atoms with Crippen LogP contribution in [0.15, 0.2) is 0 Å². The molecule has 0 bridgehead atoms. The van der Waals surface area contributed by atoms with E-state index in [1.165, 1.54) is 11.3 Å². The van der Waals surface area contributed by atoms with Crippen molar-refractivity contribution in [1.29, 1.82) is 0 Å². The van der Waals surface area contributed by atoms with E-state index in [9.17, 15) is 9.90 Å². The molecule has 1 saturated carbocycles. The molecule has 1 aliphatic carbocycles. The summed E-state index contributed by atoms with van der Waals surface area (Å²) in [5, 5.41) is 17.3. The van der Waals surface area contributed by atoms with E-state index in [2.05, 4.69) is 15.6 Å². The Bertz CT molecular complexity index is 455. The SMILES string of the molecule is CCc1nc(C)c(NC(=O)NCCC2(O)CCC2)s1. The molecular formula is C13H21N3O2S. The van der Waals surface area contributed by atoms with Gasteiger partial charge in [0.15, 0.2) is 0 Å². The quantitative estimate of drug-likeness (QED) is 0.777. The number of urea groups is 1. The third-order valence-electron chi connectivity index (χ3n) is 3.53. The summed E-state index contributed by atoms with van der Waals surface area (Å²) in [6.07, 6.45) is 4.29. The Morgan fingerprint density at radius 1 is 1.53 bits per heavy atom. The van der Waals surface area contributed by atoms with Crippen molar-refractivity contribution in [3.05, 3.63) is 10.7 Å². The monoisotopic (exact) mass is 283 g/mol. The fourth-order valence-corrected chi connectivity index (χ4v) is 3.01. The molecule has 2 amide bonds. The van der Waals surface area contributed by atoms with Crippen molar-refractivity contribution < 1.29 is 9.90 Å². The van der Waals surface area contributed by atoms with Crippen LogP contribution >= 0.6 is 11.3 Å². The molecule has 0 radical (unpaired) electrons. The highest BCUT2D eigenvalue weighted by atomic mass is 32.1. The lowest BCUT2D eigenvalue weighted by Crippen LogP contribution is -2.41. The number of rotatable bonds is 5. The minimum atomic E-state index is -0.539. The van der Waals surface area contributed by atoms with E-state index in [1.807, 2.05) is 13.8 Å². The van der Waals surface area contributed by atoms with Gasteiger partial charge in [0.25, 0.3) is 0 Å². The number of anilines is 1. The normalized spacial score (nSPS) is 16.8. The van der Waals surface area contributed by atoms with E-state index in [1.54, 1.807) is 0 Å². The van der Waals surface area contributed by atoms with E-state index < -0.39 is 5.60 Å². The lowest BCUT2D eigenvalue weighted by atomic mass is 9.78. The molecule has 5 nitrogen and oxygen atoms in total. The summed E-state index contributed by atoms with van der Waals surface area (Å²) in [5.41, 5.74) is 0.318. The molecule has 0 unspecified atom stereocenters. The highest BCUT2D eigenvalue weighted by Crippen LogP contribution is 2.34. The van der Waals surface area contributed by atoms with Gasteiger partial charge in [-0.1, -0.05) is 6.92 Å². The number of hydrogen-bond acceptors (Lipinski definition) is 4. The van der Waals surface area contributed by atoms with Gasteiger partial charge in [-0.15, -0.1) is 11.3 Å². The standard InChI is InChI=1S/C13H21N3O2S/c1-3-10-15-9(2)11(19-10)16-12(17)14-8-7-13(18)5-4-6-13/h18H,3-8H2,1-2H3,(H2,14,16,17). The first kappa shape index (κ1) is 14.3. The Kier molecular flexibility index (Phi) is 4.42. The molecule has 6 heteroatoms. The zero-order valence-electron chi connectivity index (χ0n) is 11.5. The van der Waals surface area contributed by atoms with Crippen LogP contribution in [-0.4, -0.2) is 28.3 Å². The van der Waals surface area contributed by atoms with Gasteiger partial charge in [0, 0.05) is 6.54 Å². The number of carbonyl (C=O) groups excluding carboxylic acids is 1. The second-order valence-electron chi connectivity index (χ2n) is 5.08. The molecule has 3 N–H and O–H groups in total. The topological polar surface area (TPSA) is 74.2 Å². The van der Waals surface area contributed by atoms with Gasteiger partial charge in [0.2, 0.25) is 0 Å². The highest BCUT2D eigenvalue weighted by molar-refractivity contribution is 7.16. The summed E-state index contributed by atoms with van der Waals surface area (Å²) in [6, 6.07) is -0.225. The first-order chi connectivity index (χ1) is 9.02. The molecule has 1 aromatic heterocycles. The summed E-state index contributed by atoms with van der Waals surface area (Å²) in [5.74, 6) is 0. The van der Waals surface area contributed by atoms with Gasteiger partial charge in [-0.3, -0.25) is 5.32 Å². The van der Waals surface area contributed by atoms with Gasteiger partial charge in [-0.2, -0.15) is 0 Å². The number of hydrogen-bond donors (Lipinski definition) is 3. The number of aromatic nitrogens is 1. The van der Waals surface area contributed by atoms with Crippen LogP contribution in [-0.2, 0) is 6.42 Å². The number of aryl methyl sites for hydroxylation is 2. The Balaban J connectivity index is 1.75. The number of nitrogens with one attached hydrogen (secondary N) is 2. The zero-order valence-corrected chi connectivity index (χ0v) is 12.3. The molecular weight excluding hydrogens is 262 g/mol. The van der Waals surface area contributed by atoms with Gasteiger partial charge in [-0.05, 0) is 39.0 Å². The van der Waals surface area contributed by atoms with Gasteiger partial charge in [0.05, 0.1) is 16.3 Å². The molecule has 1 aliphatic rings. The maximum atomic E-state index is 11.7. The summed E-state index contributed by atoms with van der Waals surface area (Å²) in [6.45, 7) is 4.44. The predicted octanol–water partition coefficient (Wildman–Crippen LogP) is 2.44. The van der Waals surface area contributed by atoms with Crippen LogP contribution in [0.4, 0.5) is 9.80 Å². The van der Waals surface area contributed by atoms with Crippen molar-refractivity contribution in [2.45, 2.75) is 51.6 Å². The number of nitrogens with zero attached hydrogens (tertiary/aromatic N) is 1. The largest absolute Gasteiger partial charge is 0.390 e. The van der Waals surface area contributed by atoms with Gasteiger partial charge in [0.1, 0.15) is 5.00 Å². The summed E-state index contributed by atoms with van der Waals surface area (Å²) >= 11 is 1.51. The van der Waals surface area contributed by atoms with E-state index >= 15 is 0 Å². The van der Waals surface area contributed by atoms with Crippen LogP contribution < -0.4 is 10.6 Å². The molecule has 106 valence electrons. The molecule has 1 aromatic rings. The van der Waals surface area contributed by atoms with E-state index in [4.69, 9.17) is 0 Å². The molecule has 1 heterocycles. The second kappa shape index (κ2) is 5.88. The third-order valence-corrected chi connectivity index (χ3v) is 4.75. The minimum Gasteiger partial charge on any atom is -0.390 e. The van der Waals surface area contributed by atoms with Crippen LogP contribution in [0, 0.1) is 6.92 Å². The van der Waals surface area contributed by atoms with Crippen LogP contribution in [0.5, 0.6) is 0 Å². The molecule has 0 atom stereocenters. The molecule has 0 saturated heterocycles. The molecule has 0 aromatic carbocycles. The van der Waals surface area contributed by atoms with Crippen LogP contribution in [0.1, 0.15) is 43.3 Å². The van der Waals surface area contributed by atoms with E-state index in [0.29, 0.717) is 13.0 Å². The smallest absolute Gasteiger partial charge is 0.319 e. The predicted molar refractivity (Wildman–Crippen MR) is 76.7 cm³/mol. The zero-order chi connectivity index (χ0) is 13.9. The second-order valence-corrected chi connectivity index (χ2v) is 6.17. The first-order valence-corrected chi connectivity index (χ1v) is 7.57. The fraction of sp³-hybridized carbons (Fsp3) is 0.692. The Morgan fingerprint density at radius 2 is 2.26 bits per heavy atom. The van der Waals surface area contributed by atoms with Crippen molar-refractivity contribution in [1.82, 2.24) is 10.3 Å². The maximum absolute atomic E-state index is 11.7. The third kappa shape index (κ3) is 3.67. The van der Waals surface area contributed by atoms with Crippen LogP contribution in [0.3, 0.4) is 0 Å². The molecule has 19 heavy (non-hydrogen) atoms. The average molecular weight is 283 g/mol. The summed E-state index contributed by atoms with van der Waals surface area (Å²) in [7, 11) is 0. The Morgan fingerprint density at radius 3 is 2.79 bits per heavy atom. The van der Waals surface area contributed by atoms with Crippen LogP contribution in [0.2, 0.25) is 0 Å². The maximum Gasteiger partial charge on any atom is 0.319 e. The molecule has 2 rings (SSSR count). The van der Waals surface area contributed by atoms with Gasteiger partial charge < -0.3 is 10.4 Å². The number of aliphatic hydroxyl groups is 1. The summed E-state index contributed by atoms with van der Waals surface area (Å²) in [4.78, 5) is 16.1. The lowest BCUT2D eigenvalue weighted by Gasteiger charge is -2.36. The average Bonchev–Trinajstić information content (AvgIpc) is 2.68. The van der Waals surface area contributed by atoms with Crippen molar-refractivity contribution in [3.63, 3.8) is 0 Å². The van der Waals surface area contributed by atoms with Gasteiger partial charge >= 0.3 is 6.03 Å². The Labute approximate surface area is 117 Å². The number of amides is 2. The number of carbonyl (C=O) groups is 1. The minimum absolute atomic E-state index is 0.225. The van der Waals surface area contributed by atoms with Crippen molar-refractivity contribution in [2.24, 2.45) is 0 Å². The van der Waals surface area contributed by atoms with Crippen molar-refractivity contribution in [2.75, 3.05) is 11.9 Å². The van der Waals surface area contributed by atoms with Crippen molar-refractivity contribution in [3.8, 4) is 0 Å². The lowest BCUT2D eigenvalue weighted by molar-refractivity contribution is -0.0388. The molecule has 0 aliphatic heterocycles. The van der Waals surface area contributed by atoms with E-state index in [-0.39, 0.29) is 6.03 Å². The first-order valence-electron chi connectivity index (χ1n) is 6.76. The van der Waals surface area contributed by atoms with Crippen molar-refractivity contribution >= 4 is 22.4 Å². The van der Waals surface area contributed by atoms with E-state index in [0.717, 1.165) is 41.4 Å². The highest BCUT2D eigenvalue weighted by Gasteiger charge is 2.33. The van der Waals surface area contributed by atoms with Gasteiger partial charge in [-0.25, -0.2) is 9.78 Å². The fourth-order valence-electron chi connectivity index (χ4n) is 2.11. The molecule has 0 spiro atoms. The molecule has 1 fully saturated rings. The Hall–Kier alpha value is -1.14. The van der Waals surface area contributed by atoms with Crippen LogP contribution in [0.25, 0.3) is 0 Å². The summed E-state index contributed by atoms with van der Waals surface area (Å²) < 4.78 is 0. The number of thiazole rings is 1.